The Balaban J connectivity index is 1.34. The molecule has 7 nitrogen and oxygen atoms in total. The van der Waals surface area contributed by atoms with Crippen LogP contribution >= 0.6 is 11.8 Å². The number of carbonyl (C=O) groups excluding carboxylic acids is 1. The molecule has 33 heavy (non-hydrogen) atoms. The number of aliphatic carboxylic acids is 1. The number of hydrogen-bond acceptors (Lipinski definition) is 4. The summed E-state index contributed by atoms with van der Waals surface area (Å²) in [4.78, 5) is 31.0. The Kier molecular flexibility index (Phi) is 5.83. The van der Waals surface area contributed by atoms with E-state index in [1.165, 1.54) is 10.5 Å². The number of β-lactam (4-membered cyclic amide) rings is 1. The van der Waals surface area contributed by atoms with Gasteiger partial charge >= 0.3 is 5.97 Å². The highest BCUT2D eigenvalue weighted by Crippen LogP contribution is 2.41. The molecule has 0 radical (unpaired) electrons. The van der Waals surface area contributed by atoms with E-state index in [-0.39, 0.29) is 17.0 Å². The van der Waals surface area contributed by atoms with E-state index in [2.05, 4.69) is 21.7 Å². The molecule has 1 fully saturated rings. The second kappa shape index (κ2) is 9.07. The van der Waals surface area contributed by atoms with Crippen molar-refractivity contribution in [3.8, 4) is 0 Å². The number of nitrogens with zero attached hydrogens (tertiary/aromatic N) is 4. The third-order valence-corrected chi connectivity index (χ3v) is 7.07. The molecule has 2 aromatic heterocycles. The molecule has 0 saturated carbocycles. The van der Waals surface area contributed by atoms with Gasteiger partial charge in [-0.05, 0) is 17.7 Å². The number of benzene rings is 1. The summed E-state index contributed by atoms with van der Waals surface area (Å²) in [6, 6.07) is 19.1. The van der Waals surface area contributed by atoms with Gasteiger partial charge in [-0.2, -0.15) is 0 Å². The van der Waals surface area contributed by atoms with Gasteiger partial charge in [-0.3, -0.25) is 14.7 Å². The molecule has 1 aromatic carbocycles. The second-order valence-corrected chi connectivity index (χ2v) is 9.11. The lowest BCUT2D eigenvalue weighted by Gasteiger charge is -2.47. The molecule has 1 amide bonds. The zero-order valence-electron chi connectivity index (χ0n) is 17.8. The van der Waals surface area contributed by atoms with Crippen molar-refractivity contribution < 1.29 is 19.3 Å². The number of carbonyl (C=O) groups is 2. The molecule has 0 unspecified atom stereocenters. The van der Waals surface area contributed by atoms with Crippen LogP contribution in [0.15, 0.2) is 102 Å². The van der Waals surface area contributed by atoms with Gasteiger partial charge in [-0.25, -0.2) is 9.36 Å². The molecular formula is C25H23N4O3S+. The maximum atomic E-state index is 12.9. The van der Waals surface area contributed by atoms with Gasteiger partial charge in [0.25, 0.3) is 5.91 Å². The van der Waals surface area contributed by atoms with Crippen molar-refractivity contribution in [1.29, 1.82) is 0 Å². The quantitative estimate of drug-likeness (QED) is 0.452. The third kappa shape index (κ3) is 4.34. The van der Waals surface area contributed by atoms with E-state index in [0.717, 1.165) is 12.1 Å². The fourth-order valence-corrected chi connectivity index (χ4v) is 5.44. The molecule has 3 aromatic rings. The number of pyridine rings is 2. The van der Waals surface area contributed by atoms with E-state index < -0.39 is 12.0 Å². The first-order chi connectivity index (χ1) is 16.1. The maximum Gasteiger partial charge on any atom is 0.352 e. The second-order valence-electron chi connectivity index (χ2n) is 8.00. The minimum absolute atomic E-state index is 0.0975. The Hall–Kier alpha value is -3.65. The number of amides is 1. The number of fused-ring (bicyclic) bond motifs is 1. The number of aromatic nitrogens is 2. The number of carboxylic acids is 1. The molecule has 1 saturated heterocycles. The van der Waals surface area contributed by atoms with Crippen molar-refractivity contribution in [3.63, 3.8) is 0 Å². The third-order valence-electron chi connectivity index (χ3n) is 5.74. The van der Waals surface area contributed by atoms with Crippen LogP contribution in [0.5, 0.6) is 0 Å². The Morgan fingerprint density at radius 2 is 1.76 bits per heavy atom. The first-order valence-electron chi connectivity index (χ1n) is 10.7. The molecule has 0 aliphatic carbocycles. The molecule has 2 aliphatic rings. The number of carboxylic acid groups (broad SMARTS) is 1. The zero-order valence-corrected chi connectivity index (χ0v) is 18.6. The molecule has 166 valence electrons. The molecular weight excluding hydrogens is 436 g/mol. The fourth-order valence-electron chi connectivity index (χ4n) is 4.13. The van der Waals surface area contributed by atoms with E-state index in [4.69, 9.17) is 0 Å². The van der Waals surface area contributed by atoms with Crippen molar-refractivity contribution >= 4 is 23.6 Å². The minimum Gasteiger partial charge on any atom is -0.477 e. The molecule has 1 N–H and O–H groups in total. The zero-order chi connectivity index (χ0) is 22.8. The van der Waals surface area contributed by atoms with Gasteiger partial charge < -0.3 is 9.67 Å². The van der Waals surface area contributed by atoms with Crippen molar-refractivity contribution in [2.75, 3.05) is 5.75 Å². The summed E-state index contributed by atoms with van der Waals surface area (Å²) in [6.45, 7) is 1.19. The molecule has 8 heteroatoms. The Morgan fingerprint density at radius 1 is 1.06 bits per heavy atom. The normalized spacial score (nSPS) is 19.6. The smallest absolute Gasteiger partial charge is 0.352 e. The van der Waals surface area contributed by atoms with Crippen LogP contribution in [0.25, 0.3) is 0 Å². The monoisotopic (exact) mass is 459 g/mol. The average Bonchev–Trinajstić information content (AvgIpc) is 2.84. The van der Waals surface area contributed by atoms with Crippen LogP contribution in [0.4, 0.5) is 0 Å². The minimum atomic E-state index is -1.07. The predicted molar refractivity (Wildman–Crippen MR) is 124 cm³/mol. The molecule has 5 rings (SSSR count). The Bertz CT molecular complexity index is 1270. The largest absolute Gasteiger partial charge is 0.477 e. The van der Waals surface area contributed by atoms with Crippen molar-refractivity contribution in [2.24, 2.45) is 4.99 Å². The highest BCUT2D eigenvalue weighted by Gasteiger charge is 2.54. The van der Waals surface area contributed by atoms with Crippen LogP contribution in [0.2, 0.25) is 0 Å². The summed E-state index contributed by atoms with van der Waals surface area (Å²) < 4.78 is 3.97. The van der Waals surface area contributed by atoms with Crippen LogP contribution in [0.1, 0.15) is 5.56 Å². The van der Waals surface area contributed by atoms with Gasteiger partial charge in [-0.1, -0.05) is 36.4 Å². The van der Waals surface area contributed by atoms with Gasteiger partial charge in [0.05, 0.1) is 5.36 Å². The lowest BCUT2D eigenvalue weighted by Crippen LogP contribution is -2.64. The number of hydrogen-bond donors (Lipinski definition) is 1. The topological polar surface area (TPSA) is 78.8 Å². The maximum absolute atomic E-state index is 12.9. The van der Waals surface area contributed by atoms with Gasteiger partial charge in [0.15, 0.2) is 25.0 Å². The molecule has 0 bridgehead atoms. The summed E-state index contributed by atoms with van der Waals surface area (Å²) in [5, 5.41) is 10.3. The fraction of sp³-hybridized carbons (Fsp3) is 0.200. The Labute approximate surface area is 195 Å². The highest BCUT2D eigenvalue weighted by atomic mass is 32.2. The van der Waals surface area contributed by atoms with Crippen LogP contribution in [0, 0.1) is 0 Å². The van der Waals surface area contributed by atoms with E-state index in [1.807, 2.05) is 77.9 Å². The van der Waals surface area contributed by atoms with Crippen LogP contribution < -0.4 is 9.92 Å². The highest BCUT2D eigenvalue weighted by molar-refractivity contribution is 8.00. The van der Waals surface area contributed by atoms with Crippen molar-refractivity contribution in [3.05, 3.63) is 108 Å². The standard InChI is InChI=1S/C25H22N4O3S/c30-23-21(26-20-9-13-28(14-10-20)15-18-7-3-1-4-8-18)24-29(23)22(25(31)32)19(17-33-24)16-27-11-5-2-6-12-27/h1-14,21,24H,15-17H2/p+1/t21-,24-/m1/s1. The Morgan fingerprint density at radius 3 is 2.45 bits per heavy atom. The van der Waals surface area contributed by atoms with E-state index in [0.29, 0.717) is 17.7 Å². The predicted octanol–water partition coefficient (Wildman–Crippen LogP) is 2.05. The summed E-state index contributed by atoms with van der Waals surface area (Å²) in [7, 11) is 0. The van der Waals surface area contributed by atoms with Gasteiger partial charge in [0.1, 0.15) is 11.1 Å². The van der Waals surface area contributed by atoms with E-state index in [1.54, 1.807) is 11.8 Å². The van der Waals surface area contributed by atoms with Gasteiger partial charge in [0.2, 0.25) is 0 Å². The van der Waals surface area contributed by atoms with Crippen molar-refractivity contribution in [1.82, 2.24) is 9.47 Å². The molecule has 2 aliphatic heterocycles. The van der Waals surface area contributed by atoms with Gasteiger partial charge in [-0.15, -0.1) is 11.8 Å². The summed E-state index contributed by atoms with van der Waals surface area (Å²) >= 11 is 1.57. The van der Waals surface area contributed by atoms with E-state index in [9.17, 15) is 14.7 Å². The first kappa shape index (κ1) is 21.2. The lowest BCUT2D eigenvalue weighted by molar-refractivity contribution is -0.689. The number of thioether (sulfide) groups is 1. The van der Waals surface area contributed by atoms with Crippen LogP contribution in [-0.2, 0) is 22.7 Å². The van der Waals surface area contributed by atoms with Gasteiger partial charge in [0, 0.05) is 42.4 Å². The molecule has 2 atom stereocenters. The van der Waals surface area contributed by atoms with Crippen LogP contribution in [0.3, 0.4) is 0 Å². The van der Waals surface area contributed by atoms with Crippen molar-refractivity contribution in [2.45, 2.75) is 24.5 Å². The molecule has 0 spiro atoms. The average molecular weight is 460 g/mol. The van der Waals surface area contributed by atoms with Crippen LogP contribution in [-0.4, -0.2) is 43.6 Å². The first-order valence-corrected chi connectivity index (χ1v) is 11.7. The summed E-state index contributed by atoms with van der Waals surface area (Å²) in [5.41, 5.74) is 2.03. The molecule has 4 heterocycles. The summed E-state index contributed by atoms with van der Waals surface area (Å²) in [5.74, 6) is -0.781. The SMILES string of the molecule is O=C(O)C1=C(C[n+]2ccccc2)CS[C@@H]2[C@H](N=c3ccn(Cc4ccccc4)cc3)C(=O)N12. The lowest BCUT2D eigenvalue weighted by atomic mass is 10.0. The van der Waals surface area contributed by atoms with E-state index >= 15 is 0 Å². The number of rotatable bonds is 6. The summed E-state index contributed by atoms with van der Waals surface area (Å²) in [6.07, 6.45) is 7.66.